The van der Waals surface area contributed by atoms with E-state index < -0.39 is 0 Å². The van der Waals surface area contributed by atoms with Crippen LogP contribution in [0.15, 0.2) is 30.5 Å². The third-order valence-electron chi connectivity index (χ3n) is 3.01. The number of aryl methyl sites for hydroxylation is 2. The van der Waals surface area contributed by atoms with Crippen LogP contribution in [0.3, 0.4) is 0 Å². The molecule has 0 bridgehead atoms. The first-order valence-electron chi connectivity index (χ1n) is 6.26. The molecule has 2 nitrogen and oxygen atoms in total. The number of hydrogen-bond donors (Lipinski definition) is 1. The molecular formula is C15H20N2. The number of aromatic nitrogens is 1. The van der Waals surface area contributed by atoms with Crippen LogP contribution < -0.4 is 5.73 Å². The van der Waals surface area contributed by atoms with Crippen molar-refractivity contribution < 1.29 is 0 Å². The zero-order valence-electron chi connectivity index (χ0n) is 10.6. The van der Waals surface area contributed by atoms with Gasteiger partial charge in [0, 0.05) is 17.6 Å². The molecule has 0 spiro atoms. The number of rotatable bonds is 4. The minimum atomic E-state index is 0.305. The monoisotopic (exact) mass is 228 g/mol. The van der Waals surface area contributed by atoms with Gasteiger partial charge in [-0.25, -0.2) is 0 Å². The molecule has 0 aliphatic heterocycles. The lowest BCUT2D eigenvalue weighted by atomic mass is 10.0. The summed E-state index contributed by atoms with van der Waals surface area (Å²) in [5.41, 5.74) is 9.43. The number of pyridine rings is 1. The molecule has 90 valence electrons. The molecule has 1 aromatic heterocycles. The highest BCUT2D eigenvalue weighted by molar-refractivity contribution is 5.79. The topological polar surface area (TPSA) is 38.9 Å². The second-order valence-electron chi connectivity index (χ2n) is 4.91. The molecule has 0 aliphatic carbocycles. The van der Waals surface area contributed by atoms with Gasteiger partial charge in [-0.2, -0.15) is 0 Å². The minimum Gasteiger partial charge on any atom is -0.328 e. The lowest BCUT2D eigenvalue weighted by Gasteiger charge is -2.06. The highest BCUT2D eigenvalue weighted by Gasteiger charge is 2.00. The fraction of sp³-hybridized carbons (Fsp3) is 0.400. The van der Waals surface area contributed by atoms with Gasteiger partial charge in [0.05, 0.1) is 5.52 Å². The molecule has 0 saturated carbocycles. The number of fused-ring (bicyclic) bond motifs is 1. The van der Waals surface area contributed by atoms with Gasteiger partial charge in [-0.3, -0.25) is 4.98 Å². The van der Waals surface area contributed by atoms with Crippen LogP contribution in [0.2, 0.25) is 0 Å². The van der Waals surface area contributed by atoms with E-state index in [1.54, 1.807) is 0 Å². The van der Waals surface area contributed by atoms with Gasteiger partial charge >= 0.3 is 0 Å². The first-order chi connectivity index (χ1) is 8.15. The van der Waals surface area contributed by atoms with Crippen molar-refractivity contribution in [3.63, 3.8) is 0 Å². The molecule has 2 rings (SSSR count). The molecule has 0 aliphatic rings. The Bertz CT molecular complexity index is 503. The second-order valence-corrected chi connectivity index (χ2v) is 4.91. The number of nitrogens with two attached hydrogens (primary N) is 1. The fourth-order valence-electron chi connectivity index (χ4n) is 2.07. The molecule has 0 amide bonds. The molecule has 17 heavy (non-hydrogen) atoms. The quantitative estimate of drug-likeness (QED) is 0.872. The Morgan fingerprint density at radius 3 is 2.88 bits per heavy atom. The predicted molar refractivity (Wildman–Crippen MR) is 73.1 cm³/mol. The van der Waals surface area contributed by atoms with E-state index in [1.807, 2.05) is 6.20 Å². The maximum absolute atomic E-state index is 5.76. The highest BCUT2D eigenvalue weighted by atomic mass is 14.6. The number of benzene rings is 1. The summed E-state index contributed by atoms with van der Waals surface area (Å²) in [6.07, 6.45) is 5.26. The van der Waals surface area contributed by atoms with E-state index in [0.29, 0.717) is 6.04 Å². The van der Waals surface area contributed by atoms with Crippen LogP contribution in [0.4, 0.5) is 0 Å². The van der Waals surface area contributed by atoms with Crippen LogP contribution in [0, 0.1) is 6.92 Å². The van der Waals surface area contributed by atoms with Crippen LogP contribution in [0.25, 0.3) is 10.9 Å². The molecule has 1 aromatic carbocycles. The van der Waals surface area contributed by atoms with Crippen molar-refractivity contribution in [2.45, 2.75) is 39.2 Å². The standard InChI is InChI=1S/C15H20N2/c1-11-8-14-9-13(5-3-4-12(2)16)6-7-15(14)17-10-11/h6-10,12H,3-5,16H2,1-2H3. The van der Waals surface area contributed by atoms with Gasteiger partial charge in [0.2, 0.25) is 0 Å². The van der Waals surface area contributed by atoms with Gasteiger partial charge in [0.1, 0.15) is 0 Å². The highest BCUT2D eigenvalue weighted by Crippen LogP contribution is 2.16. The largest absolute Gasteiger partial charge is 0.328 e. The van der Waals surface area contributed by atoms with Gasteiger partial charge in [-0.1, -0.05) is 6.07 Å². The Balaban J connectivity index is 2.13. The van der Waals surface area contributed by atoms with E-state index in [4.69, 9.17) is 5.73 Å². The molecule has 2 aromatic rings. The van der Waals surface area contributed by atoms with Gasteiger partial charge in [-0.05, 0) is 62.4 Å². The summed E-state index contributed by atoms with van der Waals surface area (Å²) >= 11 is 0. The van der Waals surface area contributed by atoms with Crippen molar-refractivity contribution in [2.24, 2.45) is 5.73 Å². The van der Waals surface area contributed by atoms with Gasteiger partial charge in [-0.15, -0.1) is 0 Å². The van der Waals surface area contributed by atoms with Crippen LogP contribution >= 0.6 is 0 Å². The molecule has 0 radical (unpaired) electrons. The van der Waals surface area contributed by atoms with Crippen molar-refractivity contribution in [1.29, 1.82) is 0 Å². The van der Waals surface area contributed by atoms with Crippen molar-refractivity contribution >= 4 is 10.9 Å². The van der Waals surface area contributed by atoms with E-state index in [-0.39, 0.29) is 0 Å². The zero-order valence-corrected chi connectivity index (χ0v) is 10.6. The lowest BCUT2D eigenvalue weighted by molar-refractivity contribution is 0.624. The zero-order chi connectivity index (χ0) is 12.3. The van der Waals surface area contributed by atoms with Crippen molar-refractivity contribution in [3.05, 3.63) is 41.6 Å². The molecule has 1 unspecified atom stereocenters. The van der Waals surface area contributed by atoms with Crippen molar-refractivity contribution in [3.8, 4) is 0 Å². The van der Waals surface area contributed by atoms with Gasteiger partial charge in [0.15, 0.2) is 0 Å². The molecule has 0 fully saturated rings. The Kier molecular flexibility index (Phi) is 3.75. The fourth-order valence-corrected chi connectivity index (χ4v) is 2.07. The van der Waals surface area contributed by atoms with E-state index in [2.05, 4.69) is 43.1 Å². The normalized spacial score (nSPS) is 12.9. The Hall–Kier alpha value is -1.41. The number of nitrogens with zero attached hydrogens (tertiary/aromatic N) is 1. The Morgan fingerprint density at radius 1 is 1.29 bits per heavy atom. The third-order valence-corrected chi connectivity index (χ3v) is 3.01. The van der Waals surface area contributed by atoms with Crippen LogP contribution in [-0.2, 0) is 6.42 Å². The summed E-state index contributed by atoms with van der Waals surface area (Å²) in [6.45, 7) is 4.14. The minimum absolute atomic E-state index is 0.305. The SMILES string of the molecule is Cc1cnc2ccc(CCCC(C)N)cc2c1. The van der Waals surface area contributed by atoms with E-state index >= 15 is 0 Å². The summed E-state index contributed by atoms with van der Waals surface area (Å²) in [7, 11) is 0. The molecule has 2 heteroatoms. The van der Waals surface area contributed by atoms with Crippen LogP contribution in [0.1, 0.15) is 30.9 Å². The average molecular weight is 228 g/mol. The maximum Gasteiger partial charge on any atom is 0.0702 e. The van der Waals surface area contributed by atoms with Gasteiger partial charge < -0.3 is 5.73 Å². The summed E-state index contributed by atoms with van der Waals surface area (Å²) in [5.74, 6) is 0. The van der Waals surface area contributed by atoms with Crippen molar-refractivity contribution in [2.75, 3.05) is 0 Å². The Labute approximate surface area is 103 Å². The van der Waals surface area contributed by atoms with E-state index in [1.165, 1.54) is 16.5 Å². The van der Waals surface area contributed by atoms with E-state index in [9.17, 15) is 0 Å². The lowest BCUT2D eigenvalue weighted by Crippen LogP contribution is -2.14. The average Bonchev–Trinajstić information content (AvgIpc) is 2.28. The first kappa shape index (κ1) is 12.1. The summed E-state index contributed by atoms with van der Waals surface area (Å²) in [6, 6.07) is 9.02. The third kappa shape index (κ3) is 3.27. The first-order valence-corrected chi connectivity index (χ1v) is 6.26. The molecule has 0 saturated heterocycles. The number of hydrogen-bond acceptors (Lipinski definition) is 2. The summed E-state index contributed by atoms with van der Waals surface area (Å²) < 4.78 is 0. The summed E-state index contributed by atoms with van der Waals surface area (Å²) in [4.78, 5) is 4.41. The van der Waals surface area contributed by atoms with Crippen LogP contribution in [0.5, 0.6) is 0 Å². The molecule has 1 heterocycles. The van der Waals surface area contributed by atoms with Crippen molar-refractivity contribution in [1.82, 2.24) is 4.98 Å². The smallest absolute Gasteiger partial charge is 0.0702 e. The molecule has 1 atom stereocenters. The van der Waals surface area contributed by atoms with Crippen LogP contribution in [-0.4, -0.2) is 11.0 Å². The summed E-state index contributed by atoms with van der Waals surface area (Å²) in [5, 5.41) is 1.24. The Morgan fingerprint density at radius 2 is 2.12 bits per heavy atom. The van der Waals surface area contributed by atoms with Gasteiger partial charge in [0.25, 0.3) is 0 Å². The maximum atomic E-state index is 5.76. The van der Waals surface area contributed by atoms with E-state index in [0.717, 1.165) is 24.8 Å². The molecular weight excluding hydrogens is 208 g/mol. The predicted octanol–water partition coefficient (Wildman–Crippen LogP) is 3.21. The second kappa shape index (κ2) is 5.28. The molecule has 2 N–H and O–H groups in total.